The number of aryl methyl sites for hydroxylation is 2. The Kier molecular flexibility index (Phi) is 3.71. The summed E-state index contributed by atoms with van der Waals surface area (Å²) in [6.45, 7) is 4.16. The van der Waals surface area contributed by atoms with Crippen molar-refractivity contribution < 1.29 is 4.79 Å². The number of nitrogens with one attached hydrogen (secondary N) is 1. The van der Waals surface area contributed by atoms with Gasteiger partial charge in [-0.3, -0.25) is 9.78 Å². The molecule has 3 nitrogen and oxygen atoms in total. The first-order valence-electron chi connectivity index (χ1n) is 6.93. The molecule has 0 radical (unpaired) electrons. The second kappa shape index (κ2) is 5.66. The molecule has 0 atom stereocenters. The summed E-state index contributed by atoms with van der Waals surface area (Å²) in [5.74, 6) is -0.0563. The molecule has 1 N–H and O–H groups in total. The Balaban J connectivity index is 1.92. The first-order chi connectivity index (χ1) is 10.2. The summed E-state index contributed by atoms with van der Waals surface area (Å²) >= 11 is 1.56. The second-order valence-electron chi connectivity index (χ2n) is 4.90. The van der Waals surface area contributed by atoms with Crippen molar-refractivity contribution in [1.29, 1.82) is 0 Å². The molecule has 0 aliphatic rings. The molecule has 2 heterocycles. The zero-order chi connectivity index (χ0) is 14.8. The highest BCUT2D eigenvalue weighted by Crippen LogP contribution is 2.25. The Labute approximate surface area is 127 Å². The van der Waals surface area contributed by atoms with Crippen LogP contribution in [-0.4, -0.2) is 10.9 Å². The Hall–Kier alpha value is -2.20. The maximum Gasteiger partial charge on any atom is 0.265 e. The maximum absolute atomic E-state index is 12.4. The lowest BCUT2D eigenvalue weighted by Gasteiger charge is -2.07. The number of rotatable bonds is 3. The molecule has 0 saturated heterocycles. The molecule has 4 heteroatoms. The van der Waals surface area contributed by atoms with E-state index in [2.05, 4.69) is 17.2 Å². The van der Waals surface area contributed by atoms with Crippen LogP contribution in [0.1, 0.15) is 27.0 Å². The summed E-state index contributed by atoms with van der Waals surface area (Å²) in [4.78, 5) is 18.7. The highest BCUT2D eigenvalue weighted by Gasteiger charge is 2.13. The summed E-state index contributed by atoms with van der Waals surface area (Å²) in [7, 11) is 0. The van der Waals surface area contributed by atoms with Crippen molar-refractivity contribution in [1.82, 2.24) is 4.98 Å². The van der Waals surface area contributed by atoms with Crippen molar-refractivity contribution in [3.05, 3.63) is 57.9 Å². The number of pyridine rings is 1. The third kappa shape index (κ3) is 2.67. The number of anilines is 1. The average Bonchev–Trinajstić information content (AvgIpc) is 2.89. The molecular weight excluding hydrogens is 280 g/mol. The molecule has 0 aliphatic heterocycles. The Morgan fingerprint density at radius 3 is 2.90 bits per heavy atom. The predicted octanol–water partition coefficient (Wildman–Crippen LogP) is 4.42. The van der Waals surface area contributed by atoms with E-state index in [1.807, 2.05) is 43.3 Å². The van der Waals surface area contributed by atoms with Gasteiger partial charge >= 0.3 is 0 Å². The van der Waals surface area contributed by atoms with Gasteiger partial charge < -0.3 is 5.32 Å². The van der Waals surface area contributed by atoms with Crippen LogP contribution in [-0.2, 0) is 6.42 Å². The van der Waals surface area contributed by atoms with Crippen LogP contribution in [0, 0.1) is 6.92 Å². The van der Waals surface area contributed by atoms with Crippen LogP contribution in [0.2, 0.25) is 0 Å². The molecule has 0 unspecified atom stereocenters. The van der Waals surface area contributed by atoms with E-state index in [0.717, 1.165) is 27.9 Å². The van der Waals surface area contributed by atoms with E-state index >= 15 is 0 Å². The summed E-state index contributed by atoms with van der Waals surface area (Å²) < 4.78 is 0. The minimum absolute atomic E-state index is 0.0563. The number of carbonyl (C=O) groups excluding carboxylic acids is 1. The number of nitrogens with zero attached hydrogens (tertiary/aromatic N) is 1. The number of hydrogen-bond acceptors (Lipinski definition) is 3. The molecule has 106 valence electrons. The van der Waals surface area contributed by atoms with Gasteiger partial charge in [-0.1, -0.05) is 13.0 Å². The van der Waals surface area contributed by atoms with Gasteiger partial charge in [0, 0.05) is 16.5 Å². The smallest absolute Gasteiger partial charge is 0.265 e. The van der Waals surface area contributed by atoms with Crippen LogP contribution in [0.25, 0.3) is 10.9 Å². The van der Waals surface area contributed by atoms with Gasteiger partial charge in [0.15, 0.2) is 0 Å². The normalized spacial score (nSPS) is 10.8. The fourth-order valence-corrected chi connectivity index (χ4v) is 3.39. The molecule has 1 amide bonds. The highest BCUT2D eigenvalue weighted by atomic mass is 32.1. The predicted molar refractivity (Wildman–Crippen MR) is 88.1 cm³/mol. The highest BCUT2D eigenvalue weighted by molar-refractivity contribution is 7.14. The van der Waals surface area contributed by atoms with Gasteiger partial charge in [0.1, 0.15) is 0 Å². The summed E-state index contributed by atoms with van der Waals surface area (Å²) in [5, 5.41) is 3.95. The fraction of sp³-hybridized carbons (Fsp3) is 0.176. The molecule has 0 fully saturated rings. The second-order valence-corrected chi connectivity index (χ2v) is 6.04. The Morgan fingerprint density at radius 2 is 2.14 bits per heavy atom. The number of carbonyl (C=O) groups is 1. The molecule has 1 aromatic carbocycles. The number of benzene rings is 1. The van der Waals surface area contributed by atoms with E-state index in [0.29, 0.717) is 0 Å². The van der Waals surface area contributed by atoms with Crippen LogP contribution in [0.5, 0.6) is 0 Å². The molecule has 0 bridgehead atoms. The molecule has 2 aromatic heterocycles. The number of aromatic nitrogens is 1. The Morgan fingerprint density at radius 1 is 1.29 bits per heavy atom. The zero-order valence-electron chi connectivity index (χ0n) is 12.0. The summed E-state index contributed by atoms with van der Waals surface area (Å²) in [5.41, 5.74) is 2.87. The van der Waals surface area contributed by atoms with Gasteiger partial charge in [-0.05, 0) is 49.2 Å². The van der Waals surface area contributed by atoms with E-state index in [1.165, 1.54) is 10.4 Å². The van der Waals surface area contributed by atoms with Gasteiger partial charge in [-0.25, -0.2) is 0 Å². The van der Waals surface area contributed by atoms with Gasteiger partial charge in [-0.2, -0.15) is 0 Å². The number of thiophene rings is 1. The maximum atomic E-state index is 12.4. The molecule has 0 aliphatic carbocycles. The third-order valence-corrected chi connectivity index (χ3v) is 4.84. The van der Waals surface area contributed by atoms with Crippen molar-refractivity contribution >= 4 is 33.8 Å². The van der Waals surface area contributed by atoms with Gasteiger partial charge in [-0.15, -0.1) is 11.3 Å². The number of amides is 1. The van der Waals surface area contributed by atoms with Crippen molar-refractivity contribution in [3.8, 4) is 0 Å². The van der Waals surface area contributed by atoms with Crippen molar-refractivity contribution in [2.24, 2.45) is 0 Å². The molecule has 3 rings (SSSR count). The third-order valence-electron chi connectivity index (χ3n) is 3.46. The van der Waals surface area contributed by atoms with Crippen LogP contribution in [0.4, 0.5) is 5.69 Å². The van der Waals surface area contributed by atoms with Gasteiger partial charge in [0.25, 0.3) is 5.91 Å². The summed E-state index contributed by atoms with van der Waals surface area (Å²) in [6, 6.07) is 11.6. The van der Waals surface area contributed by atoms with Crippen LogP contribution < -0.4 is 5.32 Å². The number of hydrogen-bond donors (Lipinski definition) is 1. The zero-order valence-corrected chi connectivity index (χ0v) is 12.8. The van der Waals surface area contributed by atoms with Crippen molar-refractivity contribution in [2.45, 2.75) is 20.3 Å². The van der Waals surface area contributed by atoms with Crippen molar-refractivity contribution in [2.75, 3.05) is 5.32 Å². The van der Waals surface area contributed by atoms with Crippen LogP contribution in [0.3, 0.4) is 0 Å². The SMILES string of the molecule is CCc1sc(C(=O)Nc2cccc3ncccc23)cc1C. The lowest BCUT2D eigenvalue weighted by molar-refractivity contribution is 0.103. The van der Waals surface area contributed by atoms with E-state index in [1.54, 1.807) is 17.5 Å². The summed E-state index contributed by atoms with van der Waals surface area (Å²) in [6.07, 6.45) is 2.71. The average molecular weight is 296 g/mol. The van der Waals surface area contributed by atoms with Crippen LogP contribution in [0.15, 0.2) is 42.6 Å². The lowest BCUT2D eigenvalue weighted by atomic mass is 10.2. The van der Waals surface area contributed by atoms with Gasteiger partial charge in [0.2, 0.25) is 0 Å². The van der Waals surface area contributed by atoms with Crippen molar-refractivity contribution in [3.63, 3.8) is 0 Å². The minimum Gasteiger partial charge on any atom is -0.321 e. The van der Waals surface area contributed by atoms with Crippen LogP contribution >= 0.6 is 11.3 Å². The fourth-order valence-electron chi connectivity index (χ4n) is 2.38. The molecule has 0 saturated carbocycles. The quantitative estimate of drug-likeness (QED) is 0.777. The molecule has 0 spiro atoms. The lowest BCUT2D eigenvalue weighted by Crippen LogP contribution is -2.10. The molecule has 21 heavy (non-hydrogen) atoms. The Bertz CT molecular complexity index is 802. The molecular formula is C17H16N2OS. The monoisotopic (exact) mass is 296 g/mol. The number of fused-ring (bicyclic) bond motifs is 1. The van der Waals surface area contributed by atoms with E-state index in [9.17, 15) is 4.79 Å². The van der Waals surface area contributed by atoms with E-state index in [4.69, 9.17) is 0 Å². The first-order valence-corrected chi connectivity index (χ1v) is 7.75. The first kappa shape index (κ1) is 13.8. The van der Waals surface area contributed by atoms with Gasteiger partial charge in [0.05, 0.1) is 16.1 Å². The van der Waals surface area contributed by atoms with E-state index in [-0.39, 0.29) is 5.91 Å². The molecule has 3 aromatic rings. The minimum atomic E-state index is -0.0563. The standard InChI is InChI=1S/C17H16N2OS/c1-3-15-11(2)10-16(21-15)17(20)19-14-8-4-7-13-12(14)6-5-9-18-13/h4-10H,3H2,1-2H3,(H,19,20). The van der Waals surface area contributed by atoms with E-state index < -0.39 is 0 Å². The largest absolute Gasteiger partial charge is 0.321 e. The topological polar surface area (TPSA) is 42.0 Å².